The van der Waals surface area contributed by atoms with Gasteiger partial charge in [0.1, 0.15) is 6.04 Å². The number of rotatable bonds is 8. The molecule has 0 radical (unpaired) electrons. The van der Waals surface area contributed by atoms with Crippen LogP contribution in [-0.2, 0) is 31.5 Å². The van der Waals surface area contributed by atoms with Crippen LogP contribution in [0.3, 0.4) is 0 Å². The summed E-state index contributed by atoms with van der Waals surface area (Å²) in [7, 11) is 0.0267. The van der Waals surface area contributed by atoms with Crippen molar-refractivity contribution in [1.82, 2.24) is 5.32 Å². The minimum Gasteiger partial charge on any atom is -0.467 e. The van der Waals surface area contributed by atoms with E-state index in [1.54, 1.807) is 12.1 Å². The minimum atomic E-state index is -1.25. The van der Waals surface area contributed by atoms with Crippen LogP contribution in [0.1, 0.15) is 12.0 Å². The van der Waals surface area contributed by atoms with Gasteiger partial charge >= 0.3 is 5.97 Å². The van der Waals surface area contributed by atoms with Gasteiger partial charge in [-0.05, 0) is 34.9 Å². The second-order valence-corrected chi connectivity index (χ2v) is 8.22. The number of hydrogen-bond acceptors (Lipinski definition) is 4. The van der Waals surface area contributed by atoms with E-state index in [2.05, 4.69) is 5.32 Å². The number of hydrogen-bond donors (Lipinski definition) is 1. The Morgan fingerprint density at radius 2 is 1.66 bits per heavy atom. The molecule has 1 N–H and O–H groups in total. The van der Waals surface area contributed by atoms with Gasteiger partial charge in [0.2, 0.25) is 5.91 Å². The third-order valence-corrected chi connectivity index (χ3v) is 6.00. The first-order chi connectivity index (χ1) is 14.1. The third kappa shape index (κ3) is 5.74. The molecule has 2 atom stereocenters. The summed E-state index contributed by atoms with van der Waals surface area (Å²) in [5.41, 5.74) is 0.859. The first-order valence-corrected chi connectivity index (χ1v) is 10.7. The highest BCUT2D eigenvalue weighted by molar-refractivity contribution is 7.85. The van der Waals surface area contributed by atoms with Gasteiger partial charge in [-0.3, -0.25) is 9.00 Å². The van der Waals surface area contributed by atoms with Crippen LogP contribution >= 0.6 is 0 Å². The van der Waals surface area contributed by atoms with Gasteiger partial charge in [-0.15, -0.1) is 0 Å². The number of amides is 1. The second kappa shape index (κ2) is 9.98. The lowest BCUT2D eigenvalue weighted by Crippen LogP contribution is -2.43. The van der Waals surface area contributed by atoms with Crippen LogP contribution in [-0.4, -0.2) is 35.0 Å². The summed E-state index contributed by atoms with van der Waals surface area (Å²) < 4.78 is 17.2. The van der Waals surface area contributed by atoms with Gasteiger partial charge < -0.3 is 10.1 Å². The predicted octanol–water partition coefficient (Wildman–Crippen LogP) is 3.24. The van der Waals surface area contributed by atoms with Gasteiger partial charge in [-0.25, -0.2) is 4.79 Å². The van der Waals surface area contributed by atoms with Crippen molar-refractivity contribution in [2.45, 2.75) is 23.8 Å². The van der Waals surface area contributed by atoms with E-state index in [0.717, 1.165) is 16.3 Å². The van der Waals surface area contributed by atoms with Crippen molar-refractivity contribution in [2.24, 2.45) is 0 Å². The zero-order valence-corrected chi connectivity index (χ0v) is 17.0. The summed E-state index contributed by atoms with van der Waals surface area (Å²) >= 11 is 0. The molecule has 1 amide bonds. The molecule has 150 valence electrons. The quantitative estimate of drug-likeness (QED) is 0.580. The highest BCUT2D eigenvalue weighted by atomic mass is 32.2. The molecule has 3 rings (SSSR count). The van der Waals surface area contributed by atoms with Crippen molar-refractivity contribution >= 4 is 33.4 Å². The Kier molecular flexibility index (Phi) is 7.14. The number of benzene rings is 3. The molecule has 0 saturated heterocycles. The van der Waals surface area contributed by atoms with Crippen LogP contribution in [0.25, 0.3) is 10.8 Å². The van der Waals surface area contributed by atoms with E-state index in [-0.39, 0.29) is 24.5 Å². The Morgan fingerprint density at radius 1 is 0.966 bits per heavy atom. The summed E-state index contributed by atoms with van der Waals surface area (Å²) in [4.78, 5) is 25.3. The summed E-state index contributed by atoms with van der Waals surface area (Å²) in [5.74, 6) is -0.567. The zero-order chi connectivity index (χ0) is 20.6. The normalized spacial score (nSPS) is 12.9. The van der Waals surface area contributed by atoms with Crippen LogP contribution in [0.2, 0.25) is 0 Å². The van der Waals surface area contributed by atoms with Crippen LogP contribution in [0.4, 0.5) is 0 Å². The number of fused-ring (bicyclic) bond motifs is 1. The molecule has 3 aromatic rings. The van der Waals surface area contributed by atoms with E-state index in [0.29, 0.717) is 4.90 Å². The molecule has 6 heteroatoms. The fourth-order valence-electron chi connectivity index (χ4n) is 3.09. The Bertz CT molecular complexity index is 1020. The molecular weight excluding hydrogens is 386 g/mol. The van der Waals surface area contributed by atoms with Crippen molar-refractivity contribution in [1.29, 1.82) is 0 Å². The van der Waals surface area contributed by atoms with Gasteiger partial charge in [-0.1, -0.05) is 60.7 Å². The van der Waals surface area contributed by atoms with E-state index >= 15 is 0 Å². The number of carbonyl (C=O) groups excluding carboxylic acids is 2. The van der Waals surface area contributed by atoms with Crippen molar-refractivity contribution in [3.8, 4) is 0 Å². The minimum absolute atomic E-state index is 0.153. The van der Waals surface area contributed by atoms with Gasteiger partial charge in [0, 0.05) is 10.6 Å². The lowest BCUT2D eigenvalue weighted by atomic mass is 10.0. The molecule has 3 aromatic carbocycles. The molecule has 0 heterocycles. The van der Waals surface area contributed by atoms with Gasteiger partial charge in [-0.2, -0.15) is 0 Å². The molecule has 0 aromatic heterocycles. The van der Waals surface area contributed by atoms with Crippen LogP contribution in [0.5, 0.6) is 0 Å². The highest BCUT2D eigenvalue weighted by Crippen LogP contribution is 2.16. The molecule has 0 saturated carbocycles. The molecule has 0 aliphatic heterocycles. The number of nitrogens with one attached hydrogen (secondary N) is 1. The number of ether oxygens (including phenoxy) is 1. The van der Waals surface area contributed by atoms with Crippen molar-refractivity contribution in [3.63, 3.8) is 0 Å². The Hall–Kier alpha value is -2.99. The summed E-state index contributed by atoms with van der Waals surface area (Å²) in [5, 5.41) is 4.88. The fraction of sp³-hybridized carbons (Fsp3) is 0.217. The zero-order valence-electron chi connectivity index (χ0n) is 16.2. The topological polar surface area (TPSA) is 72.5 Å². The maximum absolute atomic E-state index is 12.5. The molecule has 29 heavy (non-hydrogen) atoms. The van der Waals surface area contributed by atoms with Gasteiger partial charge in [0.15, 0.2) is 0 Å². The van der Waals surface area contributed by atoms with Crippen molar-refractivity contribution in [2.75, 3.05) is 12.9 Å². The lowest BCUT2D eigenvalue weighted by molar-refractivity contribution is -0.145. The van der Waals surface area contributed by atoms with Crippen molar-refractivity contribution in [3.05, 3.63) is 78.4 Å². The van der Waals surface area contributed by atoms with Crippen molar-refractivity contribution < 1.29 is 18.5 Å². The molecular formula is C23H23NO4S. The largest absolute Gasteiger partial charge is 0.467 e. The molecule has 0 unspecified atom stereocenters. The average Bonchev–Trinajstić information content (AvgIpc) is 2.76. The first kappa shape index (κ1) is 20.7. The molecule has 0 aliphatic rings. The van der Waals surface area contributed by atoms with E-state index in [9.17, 15) is 13.8 Å². The monoisotopic (exact) mass is 409 g/mol. The second-order valence-electron chi connectivity index (χ2n) is 6.65. The van der Waals surface area contributed by atoms with Crippen LogP contribution in [0.15, 0.2) is 77.7 Å². The summed E-state index contributed by atoms with van der Waals surface area (Å²) in [6.07, 6.45) is 0.387. The molecule has 0 spiro atoms. The van der Waals surface area contributed by atoms with Gasteiger partial charge in [0.05, 0.1) is 24.3 Å². The Balaban J connectivity index is 1.61. The summed E-state index contributed by atoms with van der Waals surface area (Å²) in [6.45, 7) is 0. The van der Waals surface area contributed by atoms with Crippen LogP contribution in [0, 0.1) is 0 Å². The number of carbonyl (C=O) groups is 2. The standard InChI is InChI=1S/C23H23NO4S/c1-28-23(26)21(13-14-29(27)20-9-3-2-4-10-20)24-22(25)16-17-11-12-18-7-5-6-8-19(18)15-17/h2-12,15,21H,13-14,16H2,1H3,(H,24,25)/t21-,29+/m0/s1. The fourth-order valence-corrected chi connectivity index (χ4v) is 4.23. The average molecular weight is 410 g/mol. The molecule has 0 bridgehead atoms. The Morgan fingerprint density at radius 3 is 2.38 bits per heavy atom. The summed E-state index contributed by atoms with van der Waals surface area (Å²) in [6, 6.07) is 22.0. The first-order valence-electron chi connectivity index (χ1n) is 9.35. The maximum Gasteiger partial charge on any atom is 0.328 e. The van der Waals surface area contributed by atoms with E-state index in [4.69, 9.17) is 4.74 Å². The predicted molar refractivity (Wildman–Crippen MR) is 114 cm³/mol. The number of methoxy groups -OCH3 is 1. The van der Waals surface area contributed by atoms with E-state index in [1.807, 2.05) is 60.7 Å². The number of esters is 1. The lowest BCUT2D eigenvalue weighted by Gasteiger charge is -2.16. The van der Waals surface area contributed by atoms with Gasteiger partial charge in [0.25, 0.3) is 0 Å². The molecule has 0 aliphatic carbocycles. The SMILES string of the molecule is COC(=O)[C@H](CC[S@@](=O)c1ccccc1)NC(=O)Cc1ccc2ccccc2c1. The van der Waals surface area contributed by atoms with Crippen LogP contribution < -0.4 is 5.32 Å². The van der Waals surface area contributed by atoms with E-state index in [1.165, 1.54) is 7.11 Å². The Labute approximate surface area is 172 Å². The van der Waals surface area contributed by atoms with E-state index < -0.39 is 22.8 Å². The molecule has 0 fully saturated rings. The third-order valence-electron chi connectivity index (χ3n) is 4.60. The maximum atomic E-state index is 12.5. The highest BCUT2D eigenvalue weighted by Gasteiger charge is 2.22. The molecule has 5 nitrogen and oxygen atoms in total. The smallest absolute Gasteiger partial charge is 0.328 e.